The van der Waals surface area contributed by atoms with Gasteiger partial charge in [0.15, 0.2) is 5.82 Å². The van der Waals surface area contributed by atoms with Gasteiger partial charge >= 0.3 is 6.18 Å². The van der Waals surface area contributed by atoms with Crippen molar-refractivity contribution in [2.75, 3.05) is 5.33 Å². The molecule has 0 saturated carbocycles. The largest absolute Gasteiger partial charge is 0.416 e. The van der Waals surface area contributed by atoms with Crippen LogP contribution in [0.4, 0.5) is 13.2 Å². The minimum absolute atomic E-state index is 0.477. The van der Waals surface area contributed by atoms with Gasteiger partial charge in [0, 0.05) is 17.3 Å². The zero-order chi connectivity index (χ0) is 13.2. The van der Waals surface area contributed by atoms with Crippen molar-refractivity contribution in [1.82, 2.24) is 9.36 Å². The second-order valence-electron chi connectivity index (χ2n) is 3.53. The molecule has 0 amide bonds. The van der Waals surface area contributed by atoms with Gasteiger partial charge in [0.25, 0.3) is 0 Å². The van der Waals surface area contributed by atoms with E-state index in [0.717, 1.165) is 28.9 Å². The summed E-state index contributed by atoms with van der Waals surface area (Å²) < 4.78 is 41.3. The molecule has 1 heterocycles. The maximum Gasteiger partial charge on any atom is 0.416 e. The number of rotatable bonds is 3. The van der Waals surface area contributed by atoms with Crippen molar-refractivity contribution in [3.8, 4) is 11.4 Å². The van der Waals surface area contributed by atoms with E-state index in [1.54, 1.807) is 0 Å². The zero-order valence-electron chi connectivity index (χ0n) is 9.04. The normalized spacial score (nSPS) is 11.8. The molecule has 2 nitrogen and oxygen atoms in total. The van der Waals surface area contributed by atoms with Crippen LogP contribution in [0.25, 0.3) is 11.4 Å². The molecule has 0 aliphatic carbocycles. The number of hydrogen-bond acceptors (Lipinski definition) is 3. The van der Waals surface area contributed by atoms with Gasteiger partial charge in [-0.3, -0.25) is 0 Å². The monoisotopic (exact) mass is 336 g/mol. The second kappa shape index (κ2) is 5.36. The molecule has 2 aromatic rings. The van der Waals surface area contributed by atoms with Crippen molar-refractivity contribution >= 4 is 27.5 Å². The van der Waals surface area contributed by atoms with Crippen molar-refractivity contribution in [3.63, 3.8) is 0 Å². The van der Waals surface area contributed by atoms with Crippen LogP contribution >= 0.6 is 27.5 Å². The second-order valence-corrected chi connectivity index (χ2v) is 5.16. The van der Waals surface area contributed by atoms with Crippen LogP contribution in [0, 0.1) is 0 Å². The quantitative estimate of drug-likeness (QED) is 0.786. The minimum Gasteiger partial charge on any atom is -0.220 e. The smallest absolute Gasteiger partial charge is 0.220 e. The van der Waals surface area contributed by atoms with Crippen molar-refractivity contribution in [3.05, 3.63) is 34.8 Å². The summed E-state index contributed by atoms with van der Waals surface area (Å²) in [7, 11) is 0. The van der Waals surface area contributed by atoms with E-state index in [-0.39, 0.29) is 0 Å². The van der Waals surface area contributed by atoms with Gasteiger partial charge in [-0.25, -0.2) is 4.98 Å². The van der Waals surface area contributed by atoms with E-state index in [1.807, 2.05) is 0 Å². The number of alkyl halides is 4. The topological polar surface area (TPSA) is 25.8 Å². The molecule has 0 atom stereocenters. The molecule has 7 heteroatoms. The number of benzene rings is 1. The number of nitrogens with zero attached hydrogens (tertiary/aromatic N) is 2. The molecule has 0 fully saturated rings. The summed E-state index contributed by atoms with van der Waals surface area (Å²) >= 11 is 4.56. The Morgan fingerprint density at radius 1 is 1.17 bits per heavy atom. The fourth-order valence-corrected chi connectivity index (χ4v) is 2.66. The van der Waals surface area contributed by atoms with Crippen molar-refractivity contribution in [2.45, 2.75) is 12.6 Å². The van der Waals surface area contributed by atoms with Crippen LogP contribution in [0.15, 0.2) is 24.3 Å². The summed E-state index contributed by atoms with van der Waals surface area (Å²) in [6, 6.07) is 4.87. The molecule has 96 valence electrons. The van der Waals surface area contributed by atoms with Crippen LogP contribution in [-0.4, -0.2) is 14.7 Å². The lowest BCUT2D eigenvalue weighted by Gasteiger charge is -2.06. The number of aryl methyl sites for hydroxylation is 1. The third-order valence-electron chi connectivity index (χ3n) is 2.25. The first-order valence-electron chi connectivity index (χ1n) is 5.07. The van der Waals surface area contributed by atoms with Gasteiger partial charge in [-0.1, -0.05) is 28.1 Å². The average molecular weight is 337 g/mol. The third kappa shape index (κ3) is 3.08. The molecule has 0 unspecified atom stereocenters. The van der Waals surface area contributed by atoms with Crippen LogP contribution in [0.1, 0.15) is 10.6 Å². The maximum absolute atomic E-state index is 12.4. The van der Waals surface area contributed by atoms with Gasteiger partial charge in [-0.15, -0.1) is 0 Å². The highest BCUT2D eigenvalue weighted by Crippen LogP contribution is 2.30. The summed E-state index contributed by atoms with van der Waals surface area (Å²) in [6.45, 7) is 0. The fourth-order valence-electron chi connectivity index (χ4n) is 1.36. The number of halogens is 4. The van der Waals surface area contributed by atoms with Crippen LogP contribution in [0.2, 0.25) is 0 Å². The van der Waals surface area contributed by atoms with Crippen LogP contribution in [0.3, 0.4) is 0 Å². The predicted molar refractivity (Wildman–Crippen MR) is 67.8 cm³/mol. The Labute approximate surface area is 114 Å². The molecule has 0 saturated heterocycles. The molecule has 1 aromatic carbocycles. The van der Waals surface area contributed by atoms with Crippen LogP contribution in [-0.2, 0) is 12.6 Å². The maximum atomic E-state index is 12.4. The number of hydrogen-bond donors (Lipinski definition) is 0. The van der Waals surface area contributed by atoms with Gasteiger partial charge in [0.05, 0.1) is 5.56 Å². The van der Waals surface area contributed by atoms with Crippen molar-refractivity contribution in [1.29, 1.82) is 0 Å². The van der Waals surface area contributed by atoms with Gasteiger partial charge in [0.2, 0.25) is 0 Å². The van der Waals surface area contributed by atoms with Gasteiger partial charge in [0.1, 0.15) is 5.01 Å². The van der Waals surface area contributed by atoms with Gasteiger partial charge < -0.3 is 0 Å². The highest BCUT2D eigenvalue weighted by molar-refractivity contribution is 9.09. The average Bonchev–Trinajstić information content (AvgIpc) is 2.77. The molecule has 2 rings (SSSR count). The first kappa shape index (κ1) is 13.5. The van der Waals surface area contributed by atoms with E-state index >= 15 is 0 Å². The fraction of sp³-hybridized carbons (Fsp3) is 0.273. The Morgan fingerprint density at radius 3 is 2.39 bits per heavy atom. The summed E-state index contributed by atoms with van der Waals surface area (Å²) in [5.41, 5.74) is -0.0674. The van der Waals surface area contributed by atoms with E-state index in [1.165, 1.54) is 23.7 Å². The molecule has 0 bridgehead atoms. The molecule has 18 heavy (non-hydrogen) atoms. The van der Waals surface area contributed by atoms with E-state index in [2.05, 4.69) is 25.3 Å². The first-order chi connectivity index (χ1) is 8.50. The summed E-state index contributed by atoms with van der Waals surface area (Å²) in [5.74, 6) is 0.477. The predicted octanol–water partition coefficient (Wildman–Crippen LogP) is 4.16. The number of aromatic nitrogens is 2. The molecule has 0 spiro atoms. The van der Waals surface area contributed by atoms with E-state index in [9.17, 15) is 13.2 Å². The molecule has 1 aromatic heterocycles. The Bertz CT molecular complexity index is 522. The first-order valence-corrected chi connectivity index (χ1v) is 6.96. The zero-order valence-corrected chi connectivity index (χ0v) is 11.4. The Hall–Kier alpha value is -0.950. The standard InChI is InChI=1S/C11H8BrF3N2S/c12-6-5-9-16-10(17-18-9)7-1-3-8(4-2-7)11(13,14)15/h1-4H,5-6H2. The highest BCUT2D eigenvalue weighted by atomic mass is 79.9. The highest BCUT2D eigenvalue weighted by Gasteiger charge is 2.30. The molecule has 0 radical (unpaired) electrons. The van der Waals surface area contributed by atoms with E-state index in [0.29, 0.717) is 11.4 Å². The Balaban J connectivity index is 2.23. The Morgan fingerprint density at radius 2 is 1.83 bits per heavy atom. The lowest BCUT2D eigenvalue weighted by Crippen LogP contribution is -2.04. The molecule has 0 aliphatic heterocycles. The SMILES string of the molecule is FC(F)(F)c1ccc(-c2nsc(CCBr)n2)cc1. The van der Waals surface area contributed by atoms with Crippen molar-refractivity contribution < 1.29 is 13.2 Å². The van der Waals surface area contributed by atoms with Gasteiger partial charge in [-0.2, -0.15) is 17.5 Å². The third-order valence-corrected chi connectivity index (χ3v) is 3.41. The molecular formula is C11H8BrF3N2S. The Kier molecular flexibility index (Phi) is 4.01. The van der Waals surface area contributed by atoms with Crippen LogP contribution < -0.4 is 0 Å². The summed E-state index contributed by atoms with van der Waals surface area (Å²) in [5, 5.41) is 1.65. The minimum atomic E-state index is -4.31. The molecular weight excluding hydrogens is 329 g/mol. The summed E-state index contributed by atoms with van der Waals surface area (Å²) in [6.07, 6.45) is -3.55. The lowest BCUT2D eigenvalue weighted by atomic mass is 10.1. The van der Waals surface area contributed by atoms with Crippen LogP contribution in [0.5, 0.6) is 0 Å². The van der Waals surface area contributed by atoms with E-state index in [4.69, 9.17) is 0 Å². The molecule has 0 aliphatic rings. The van der Waals surface area contributed by atoms with Crippen molar-refractivity contribution in [2.24, 2.45) is 0 Å². The summed E-state index contributed by atoms with van der Waals surface area (Å²) in [4.78, 5) is 4.26. The van der Waals surface area contributed by atoms with E-state index < -0.39 is 11.7 Å². The molecule has 0 N–H and O–H groups in total. The lowest BCUT2D eigenvalue weighted by molar-refractivity contribution is -0.137. The van der Waals surface area contributed by atoms with Gasteiger partial charge in [-0.05, 0) is 23.7 Å².